The maximum atomic E-state index is 6.04. The molecule has 1 aromatic rings. The minimum absolute atomic E-state index is 0.0508. The molecule has 5 heteroatoms. The summed E-state index contributed by atoms with van der Waals surface area (Å²) < 4.78 is 10.4. The molecule has 0 radical (unpaired) electrons. The second-order valence-corrected chi connectivity index (χ2v) is 3.81. The number of hydrogen-bond acceptors (Lipinski definition) is 4. The predicted octanol–water partition coefficient (Wildman–Crippen LogP) is 1.48. The van der Waals surface area contributed by atoms with Gasteiger partial charge in [0.1, 0.15) is 0 Å². The SMILES string of the molecule is CNC(Cc1ccncc1Cl)C(OC)OC. The molecule has 0 aliphatic heterocycles. The van der Waals surface area contributed by atoms with Gasteiger partial charge in [0.25, 0.3) is 0 Å². The van der Waals surface area contributed by atoms with Gasteiger partial charge in [-0.1, -0.05) is 11.6 Å². The Labute approximate surface area is 101 Å². The minimum atomic E-state index is -0.297. The lowest BCUT2D eigenvalue weighted by Crippen LogP contribution is -2.41. The van der Waals surface area contributed by atoms with E-state index in [0.717, 1.165) is 12.0 Å². The first-order valence-corrected chi connectivity index (χ1v) is 5.42. The number of methoxy groups -OCH3 is 2. The van der Waals surface area contributed by atoms with Gasteiger partial charge in [-0.25, -0.2) is 0 Å². The lowest BCUT2D eigenvalue weighted by atomic mass is 10.1. The average Bonchev–Trinajstić information content (AvgIpc) is 2.31. The van der Waals surface area contributed by atoms with Crippen molar-refractivity contribution >= 4 is 11.6 Å². The van der Waals surface area contributed by atoms with Gasteiger partial charge in [-0.3, -0.25) is 4.98 Å². The molecule has 1 atom stereocenters. The zero-order valence-electron chi connectivity index (χ0n) is 9.74. The third-order valence-electron chi connectivity index (χ3n) is 2.46. The lowest BCUT2D eigenvalue weighted by molar-refractivity contribution is -0.121. The van der Waals surface area contributed by atoms with Gasteiger partial charge >= 0.3 is 0 Å². The highest BCUT2D eigenvalue weighted by atomic mass is 35.5. The first-order chi connectivity index (χ1) is 7.72. The number of likely N-dealkylation sites (N-methyl/N-ethyl adjacent to an activating group) is 1. The molecule has 0 fully saturated rings. The summed E-state index contributed by atoms with van der Waals surface area (Å²) in [5.41, 5.74) is 1.02. The normalized spacial score (nSPS) is 13.1. The van der Waals surface area contributed by atoms with E-state index in [9.17, 15) is 0 Å². The Balaban J connectivity index is 2.73. The van der Waals surface area contributed by atoms with Crippen LogP contribution in [0.2, 0.25) is 5.02 Å². The molecule has 4 nitrogen and oxygen atoms in total. The number of nitrogens with one attached hydrogen (secondary N) is 1. The fourth-order valence-corrected chi connectivity index (χ4v) is 1.76. The van der Waals surface area contributed by atoms with Crippen LogP contribution in [0.3, 0.4) is 0 Å². The molecular formula is C11H17ClN2O2. The van der Waals surface area contributed by atoms with Crippen LogP contribution < -0.4 is 5.32 Å². The van der Waals surface area contributed by atoms with Gasteiger partial charge in [-0.15, -0.1) is 0 Å². The Morgan fingerprint density at radius 2 is 2.12 bits per heavy atom. The molecule has 90 valence electrons. The van der Waals surface area contributed by atoms with E-state index in [1.807, 2.05) is 13.1 Å². The quantitative estimate of drug-likeness (QED) is 0.770. The molecule has 16 heavy (non-hydrogen) atoms. The van der Waals surface area contributed by atoms with Crippen LogP contribution in [0.1, 0.15) is 5.56 Å². The van der Waals surface area contributed by atoms with Gasteiger partial charge in [-0.05, 0) is 25.1 Å². The first kappa shape index (κ1) is 13.4. The Hall–Kier alpha value is -0.680. The topological polar surface area (TPSA) is 43.4 Å². The lowest BCUT2D eigenvalue weighted by Gasteiger charge is -2.24. The van der Waals surface area contributed by atoms with Gasteiger partial charge in [-0.2, -0.15) is 0 Å². The zero-order valence-corrected chi connectivity index (χ0v) is 10.5. The number of pyridine rings is 1. The summed E-state index contributed by atoms with van der Waals surface area (Å²) in [5, 5.41) is 3.81. The molecule has 1 rings (SSSR count). The highest BCUT2D eigenvalue weighted by molar-refractivity contribution is 6.31. The van der Waals surface area contributed by atoms with E-state index < -0.39 is 0 Å². The fourth-order valence-electron chi connectivity index (χ4n) is 1.57. The van der Waals surface area contributed by atoms with Gasteiger partial charge in [0.05, 0.1) is 11.1 Å². The fraction of sp³-hybridized carbons (Fsp3) is 0.545. The van der Waals surface area contributed by atoms with E-state index in [0.29, 0.717) is 5.02 Å². The number of nitrogens with zero attached hydrogens (tertiary/aromatic N) is 1. The molecule has 1 heterocycles. The molecule has 0 aliphatic rings. The molecule has 0 aliphatic carbocycles. The highest BCUT2D eigenvalue weighted by Gasteiger charge is 2.20. The van der Waals surface area contributed by atoms with Crippen LogP contribution in [0, 0.1) is 0 Å². The van der Waals surface area contributed by atoms with Gasteiger partial charge in [0.2, 0.25) is 0 Å². The molecular weight excluding hydrogens is 228 g/mol. The van der Waals surface area contributed by atoms with Crippen LogP contribution in [0.15, 0.2) is 18.5 Å². The minimum Gasteiger partial charge on any atom is -0.354 e. The summed E-state index contributed by atoms with van der Waals surface area (Å²) in [6.07, 6.45) is 3.79. The van der Waals surface area contributed by atoms with Gasteiger partial charge < -0.3 is 14.8 Å². The van der Waals surface area contributed by atoms with Crippen molar-refractivity contribution in [1.29, 1.82) is 0 Å². The molecule has 1 N–H and O–H groups in total. The van der Waals surface area contributed by atoms with Crippen LogP contribution in [-0.4, -0.2) is 38.6 Å². The van der Waals surface area contributed by atoms with E-state index in [2.05, 4.69) is 10.3 Å². The van der Waals surface area contributed by atoms with E-state index in [1.54, 1.807) is 26.6 Å². The van der Waals surface area contributed by atoms with Gasteiger partial charge in [0, 0.05) is 26.6 Å². The molecule has 0 saturated carbocycles. The van der Waals surface area contributed by atoms with Crippen molar-refractivity contribution in [1.82, 2.24) is 10.3 Å². The molecule has 0 bridgehead atoms. The largest absolute Gasteiger partial charge is 0.354 e. The average molecular weight is 245 g/mol. The molecule has 0 saturated heterocycles. The standard InChI is InChI=1S/C11H17ClN2O2/c1-13-10(11(15-2)16-3)6-8-4-5-14-7-9(8)12/h4-5,7,10-11,13H,6H2,1-3H3. The van der Waals surface area contributed by atoms with E-state index in [1.165, 1.54) is 0 Å². The number of rotatable bonds is 6. The molecule has 1 aromatic heterocycles. The Bertz CT molecular complexity index is 319. The molecule has 1 unspecified atom stereocenters. The van der Waals surface area contributed by atoms with Crippen molar-refractivity contribution in [2.24, 2.45) is 0 Å². The third-order valence-corrected chi connectivity index (χ3v) is 2.80. The predicted molar refractivity (Wildman–Crippen MR) is 63.6 cm³/mol. The summed E-state index contributed by atoms with van der Waals surface area (Å²) in [6, 6.07) is 1.95. The molecule has 0 aromatic carbocycles. The number of aromatic nitrogens is 1. The van der Waals surface area contributed by atoms with Crippen molar-refractivity contribution < 1.29 is 9.47 Å². The number of halogens is 1. The van der Waals surface area contributed by atoms with Crippen molar-refractivity contribution in [3.05, 3.63) is 29.0 Å². The second kappa shape index (κ2) is 6.81. The smallest absolute Gasteiger partial charge is 0.172 e. The maximum absolute atomic E-state index is 6.04. The van der Waals surface area contributed by atoms with Crippen molar-refractivity contribution in [3.63, 3.8) is 0 Å². The van der Waals surface area contributed by atoms with Crippen LogP contribution in [0.4, 0.5) is 0 Å². The van der Waals surface area contributed by atoms with Crippen LogP contribution >= 0.6 is 11.6 Å². The van der Waals surface area contributed by atoms with E-state index in [-0.39, 0.29) is 12.3 Å². The molecule has 0 amide bonds. The summed E-state index contributed by atoms with van der Waals surface area (Å²) in [5.74, 6) is 0. The highest BCUT2D eigenvalue weighted by Crippen LogP contribution is 2.17. The Kier molecular flexibility index (Phi) is 5.69. The molecule has 0 spiro atoms. The van der Waals surface area contributed by atoms with Gasteiger partial charge in [0.15, 0.2) is 6.29 Å². The first-order valence-electron chi connectivity index (χ1n) is 5.04. The zero-order chi connectivity index (χ0) is 12.0. The van der Waals surface area contributed by atoms with Crippen LogP contribution in [-0.2, 0) is 15.9 Å². The van der Waals surface area contributed by atoms with Crippen molar-refractivity contribution in [2.45, 2.75) is 18.8 Å². The van der Waals surface area contributed by atoms with Crippen molar-refractivity contribution in [3.8, 4) is 0 Å². The summed E-state index contributed by atoms with van der Waals surface area (Å²) in [7, 11) is 5.10. The number of ether oxygens (including phenoxy) is 2. The van der Waals surface area contributed by atoms with Crippen LogP contribution in [0.25, 0.3) is 0 Å². The number of hydrogen-bond donors (Lipinski definition) is 1. The van der Waals surface area contributed by atoms with E-state index >= 15 is 0 Å². The maximum Gasteiger partial charge on any atom is 0.172 e. The third kappa shape index (κ3) is 3.42. The Morgan fingerprint density at radius 1 is 1.44 bits per heavy atom. The van der Waals surface area contributed by atoms with E-state index in [4.69, 9.17) is 21.1 Å². The summed E-state index contributed by atoms with van der Waals surface area (Å²) in [4.78, 5) is 3.95. The summed E-state index contributed by atoms with van der Waals surface area (Å²) >= 11 is 6.04. The van der Waals surface area contributed by atoms with Crippen molar-refractivity contribution in [2.75, 3.05) is 21.3 Å². The van der Waals surface area contributed by atoms with Crippen LogP contribution in [0.5, 0.6) is 0 Å². The second-order valence-electron chi connectivity index (χ2n) is 3.41. The summed E-state index contributed by atoms with van der Waals surface area (Å²) in [6.45, 7) is 0. The monoisotopic (exact) mass is 244 g/mol. The Morgan fingerprint density at radius 3 is 2.62 bits per heavy atom.